The van der Waals surface area contributed by atoms with Gasteiger partial charge >= 0.3 is 0 Å². The van der Waals surface area contributed by atoms with Gasteiger partial charge in [-0.3, -0.25) is 4.79 Å². The lowest BCUT2D eigenvalue weighted by Gasteiger charge is -2.15. The average molecular weight is 286 g/mol. The number of amides is 1. The van der Waals surface area contributed by atoms with Crippen molar-refractivity contribution in [1.82, 2.24) is 5.32 Å². The molecule has 21 heavy (non-hydrogen) atoms. The maximum Gasteiger partial charge on any atom is 0.255 e. The van der Waals surface area contributed by atoms with Gasteiger partial charge in [-0.25, -0.2) is 0 Å². The van der Waals surface area contributed by atoms with Crippen molar-refractivity contribution in [2.24, 2.45) is 5.73 Å². The van der Waals surface area contributed by atoms with Gasteiger partial charge < -0.3 is 21.3 Å². The van der Waals surface area contributed by atoms with Crippen molar-refractivity contribution in [2.45, 2.75) is 19.5 Å². The largest absolute Gasteiger partial charge is 0.504 e. The number of hydrogen-bond donors (Lipinski definition) is 4. The molecule has 2 rings (SSSR count). The number of nitrogens with one attached hydrogen (secondary N) is 1. The molecule has 1 amide bonds. The van der Waals surface area contributed by atoms with Gasteiger partial charge in [0.05, 0.1) is 11.6 Å². The average Bonchev–Trinajstić information content (AvgIpc) is 2.50. The summed E-state index contributed by atoms with van der Waals surface area (Å²) in [7, 11) is 0. The fraction of sp³-hybridized carbons (Fsp3) is 0.188. The van der Waals surface area contributed by atoms with Gasteiger partial charge in [0.1, 0.15) is 0 Å². The van der Waals surface area contributed by atoms with Crippen molar-refractivity contribution in [1.29, 1.82) is 0 Å². The van der Waals surface area contributed by atoms with Crippen molar-refractivity contribution < 1.29 is 15.0 Å². The monoisotopic (exact) mass is 286 g/mol. The van der Waals surface area contributed by atoms with Crippen LogP contribution in [0.5, 0.6) is 11.5 Å². The molecule has 0 bridgehead atoms. The molecule has 2 aromatic carbocycles. The third-order valence-corrected chi connectivity index (χ3v) is 3.32. The highest BCUT2D eigenvalue weighted by Crippen LogP contribution is 2.28. The van der Waals surface area contributed by atoms with E-state index in [1.54, 1.807) is 0 Å². The summed E-state index contributed by atoms with van der Waals surface area (Å²) in [5.41, 5.74) is 7.53. The van der Waals surface area contributed by atoms with Crippen LogP contribution in [0.25, 0.3) is 0 Å². The molecule has 0 radical (unpaired) electrons. The molecule has 0 aliphatic rings. The first-order valence-corrected chi connectivity index (χ1v) is 6.63. The van der Waals surface area contributed by atoms with Gasteiger partial charge in [0.15, 0.2) is 11.5 Å². The molecule has 2 aromatic rings. The van der Waals surface area contributed by atoms with E-state index in [1.807, 2.05) is 31.2 Å². The number of para-hydroxylation sites is 1. The highest BCUT2D eigenvalue weighted by molar-refractivity contribution is 5.97. The van der Waals surface area contributed by atoms with Gasteiger partial charge in [0, 0.05) is 6.54 Å². The number of nitrogens with two attached hydrogens (primary N) is 1. The predicted molar refractivity (Wildman–Crippen MR) is 80.0 cm³/mol. The van der Waals surface area contributed by atoms with E-state index in [-0.39, 0.29) is 17.4 Å². The van der Waals surface area contributed by atoms with Crippen LogP contribution in [0.3, 0.4) is 0 Å². The fourth-order valence-corrected chi connectivity index (χ4v) is 2.01. The van der Waals surface area contributed by atoms with Gasteiger partial charge in [-0.1, -0.05) is 30.3 Å². The minimum absolute atomic E-state index is 0.0421. The molecular weight excluding hydrogens is 268 g/mol. The quantitative estimate of drug-likeness (QED) is 0.647. The summed E-state index contributed by atoms with van der Waals surface area (Å²) in [4.78, 5) is 12.1. The highest BCUT2D eigenvalue weighted by Gasteiger charge is 2.16. The highest BCUT2D eigenvalue weighted by atomic mass is 16.3. The molecule has 5 nitrogen and oxygen atoms in total. The van der Waals surface area contributed by atoms with E-state index in [9.17, 15) is 15.0 Å². The van der Waals surface area contributed by atoms with Gasteiger partial charge in [-0.15, -0.1) is 0 Å². The minimum Gasteiger partial charge on any atom is -0.504 e. The van der Waals surface area contributed by atoms with E-state index >= 15 is 0 Å². The van der Waals surface area contributed by atoms with Crippen molar-refractivity contribution >= 4 is 5.91 Å². The topological polar surface area (TPSA) is 95.6 Å². The summed E-state index contributed by atoms with van der Waals surface area (Å²) in [6.45, 7) is 2.31. The van der Waals surface area contributed by atoms with E-state index in [1.165, 1.54) is 18.2 Å². The Bertz CT molecular complexity index is 638. The van der Waals surface area contributed by atoms with Gasteiger partial charge in [-0.05, 0) is 30.2 Å². The smallest absolute Gasteiger partial charge is 0.255 e. The first-order valence-electron chi connectivity index (χ1n) is 6.63. The third-order valence-electron chi connectivity index (χ3n) is 3.32. The second kappa shape index (κ2) is 6.28. The number of hydrogen-bond acceptors (Lipinski definition) is 4. The lowest BCUT2D eigenvalue weighted by atomic mass is 10.1. The summed E-state index contributed by atoms with van der Waals surface area (Å²) >= 11 is 0. The van der Waals surface area contributed by atoms with Crippen LogP contribution in [-0.4, -0.2) is 16.1 Å². The number of phenols is 2. The Hall–Kier alpha value is -2.53. The fourth-order valence-electron chi connectivity index (χ4n) is 2.01. The Morgan fingerprint density at radius 1 is 1.19 bits per heavy atom. The minimum atomic E-state index is -0.446. The SMILES string of the molecule is CC(NC(=O)c1cccc(O)c1O)c1ccc(CN)cc1. The zero-order valence-corrected chi connectivity index (χ0v) is 11.7. The Kier molecular flexibility index (Phi) is 4.45. The zero-order chi connectivity index (χ0) is 15.4. The molecule has 5 N–H and O–H groups in total. The molecular formula is C16H18N2O3. The Morgan fingerprint density at radius 2 is 1.86 bits per heavy atom. The van der Waals surface area contributed by atoms with Crippen LogP contribution < -0.4 is 11.1 Å². The first-order chi connectivity index (χ1) is 10.0. The standard InChI is InChI=1S/C16H18N2O3/c1-10(12-7-5-11(9-17)6-8-12)18-16(21)13-3-2-4-14(19)15(13)20/h2-8,10,19-20H,9,17H2,1H3,(H,18,21). The van der Waals surface area contributed by atoms with E-state index in [0.29, 0.717) is 6.54 Å². The second-order valence-electron chi connectivity index (χ2n) is 4.81. The number of aromatic hydroxyl groups is 2. The van der Waals surface area contributed by atoms with E-state index < -0.39 is 11.7 Å². The van der Waals surface area contributed by atoms with Gasteiger partial charge in [0.25, 0.3) is 5.91 Å². The Labute approximate surface area is 123 Å². The first kappa shape index (κ1) is 14.9. The molecule has 0 saturated carbocycles. The third kappa shape index (κ3) is 3.32. The maximum absolute atomic E-state index is 12.1. The van der Waals surface area contributed by atoms with Crippen LogP contribution in [0.1, 0.15) is 34.5 Å². The van der Waals surface area contributed by atoms with E-state index in [0.717, 1.165) is 11.1 Å². The van der Waals surface area contributed by atoms with Crippen molar-refractivity contribution in [3.05, 3.63) is 59.2 Å². The lowest BCUT2D eigenvalue weighted by molar-refractivity contribution is 0.0936. The molecule has 0 aromatic heterocycles. The van der Waals surface area contributed by atoms with Crippen LogP contribution in [0.2, 0.25) is 0 Å². The van der Waals surface area contributed by atoms with Crippen LogP contribution in [0.4, 0.5) is 0 Å². The Balaban J connectivity index is 2.12. The molecule has 0 fully saturated rings. The number of carbonyl (C=O) groups excluding carboxylic acids is 1. The summed E-state index contributed by atoms with van der Waals surface area (Å²) < 4.78 is 0. The summed E-state index contributed by atoms with van der Waals surface area (Å²) in [6.07, 6.45) is 0. The van der Waals surface area contributed by atoms with Crippen LogP contribution >= 0.6 is 0 Å². The number of rotatable bonds is 4. The number of phenolic OH excluding ortho intramolecular Hbond substituents is 2. The molecule has 0 aliphatic heterocycles. The maximum atomic E-state index is 12.1. The lowest BCUT2D eigenvalue weighted by Crippen LogP contribution is -2.26. The normalized spacial score (nSPS) is 11.9. The predicted octanol–water partition coefficient (Wildman–Crippen LogP) is 2.05. The molecule has 1 unspecified atom stereocenters. The Morgan fingerprint density at radius 3 is 2.48 bits per heavy atom. The molecule has 0 spiro atoms. The van der Waals surface area contributed by atoms with Crippen LogP contribution in [-0.2, 0) is 6.54 Å². The van der Waals surface area contributed by atoms with Crippen molar-refractivity contribution in [3.63, 3.8) is 0 Å². The zero-order valence-electron chi connectivity index (χ0n) is 11.7. The molecule has 0 aliphatic carbocycles. The van der Waals surface area contributed by atoms with Crippen molar-refractivity contribution in [2.75, 3.05) is 0 Å². The molecule has 1 atom stereocenters. The summed E-state index contributed by atoms with van der Waals surface area (Å²) in [5.74, 6) is -1.18. The van der Waals surface area contributed by atoms with Crippen molar-refractivity contribution in [3.8, 4) is 11.5 Å². The number of carbonyl (C=O) groups is 1. The van der Waals surface area contributed by atoms with E-state index in [2.05, 4.69) is 5.32 Å². The second-order valence-corrected chi connectivity index (χ2v) is 4.81. The van der Waals surface area contributed by atoms with E-state index in [4.69, 9.17) is 5.73 Å². The van der Waals surface area contributed by atoms with Crippen LogP contribution in [0.15, 0.2) is 42.5 Å². The molecule has 0 heterocycles. The summed E-state index contributed by atoms with van der Waals surface area (Å²) in [5, 5.41) is 21.9. The van der Waals surface area contributed by atoms with Gasteiger partial charge in [0.2, 0.25) is 0 Å². The molecule has 5 heteroatoms. The molecule has 110 valence electrons. The van der Waals surface area contributed by atoms with Crippen LogP contribution in [0, 0.1) is 0 Å². The molecule has 0 saturated heterocycles. The number of benzene rings is 2. The summed E-state index contributed by atoms with van der Waals surface area (Å²) in [6, 6.07) is 11.7. The van der Waals surface area contributed by atoms with Gasteiger partial charge in [-0.2, -0.15) is 0 Å².